The molecule has 0 amide bonds. The lowest BCUT2D eigenvalue weighted by Gasteiger charge is -2.04. The van der Waals surface area contributed by atoms with Crippen molar-refractivity contribution in [2.75, 3.05) is 11.0 Å². The summed E-state index contributed by atoms with van der Waals surface area (Å²) in [5.41, 5.74) is 0. The Morgan fingerprint density at radius 3 is 2.62 bits per heavy atom. The lowest BCUT2D eigenvalue weighted by molar-refractivity contribution is 0.576. The fraction of sp³-hybridized carbons (Fsp3) is 0.600. The molecule has 1 N–H and O–H groups in total. The fourth-order valence-electron chi connectivity index (χ4n) is 1.27. The molecule has 16 heavy (non-hydrogen) atoms. The number of hydrogen-bond donors (Lipinski definition) is 1. The Balaban J connectivity index is 2.22. The molecular weight excluding hydrogens is 357 g/mol. The number of thiophene rings is 1. The van der Waals surface area contributed by atoms with Crippen LogP contribution >= 0.6 is 33.9 Å². The summed E-state index contributed by atoms with van der Waals surface area (Å²) in [5.74, 6) is 0. The Hall–Kier alpha value is 0.340. The van der Waals surface area contributed by atoms with E-state index < -0.39 is 10.0 Å². The van der Waals surface area contributed by atoms with Crippen molar-refractivity contribution in [3.8, 4) is 0 Å². The van der Waals surface area contributed by atoms with Crippen LogP contribution in [0.25, 0.3) is 0 Å². The average molecular weight is 373 g/mol. The van der Waals surface area contributed by atoms with Gasteiger partial charge in [-0.1, -0.05) is 41.5 Å². The summed E-state index contributed by atoms with van der Waals surface area (Å²) in [6, 6.07) is 3.38. The summed E-state index contributed by atoms with van der Waals surface area (Å²) in [6.07, 6.45) is 4.42. The van der Waals surface area contributed by atoms with Gasteiger partial charge in [0, 0.05) is 6.54 Å². The summed E-state index contributed by atoms with van der Waals surface area (Å²) < 4.78 is 27.6. The number of hydrogen-bond acceptors (Lipinski definition) is 3. The van der Waals surface area contributed by atoms with E-state index in [1.54, 1.807) is 17.5 Å². The van der Waals surface area contributed by atoms with Gasteiger partial charge in [0.05, 0.1) is 0 Å². The van der Waals surface area contributed by atoms with Gasteiger partial charge in [-0.2, -0.15) is 0 Å². The monoisotopic (exact) mass is 373 g/mol. The van der Waals surface area contributed by atoms with E-state index in [4.69, 9.17) is 0 Å². The van der Waals surface area contributed by atoms with E-state index >= 15 is 0 Å². The number of unbranched alkanes of at least 4 members (excludes halogenated alkanes) is 3. The van der Waals surface area contributed by atoms with E-state index in [0.717, 1.165) is 12.8 Å². The van der Waals surface area contributed by atoms with Crippen molar-refractivity contribution in [2.45, 2.75) is 29.9 Å². The Bertz CT molecular complexity index is 376. The minimum Gasteiger partial charge on any atom is -0.210 e. The molecule has 1 heterocycles. The molecule has 0 unspecified atom stereocenters. The molecule has 0 saturated carbocycles. The van der Waals surface area contributed by atoms with Crippen molar-refractivity contribution in [1.29, 1.82) is 0 Å². The largest absolute Gasteiger partial charge is 0.250 e. The molecule has 0 fully saturated rings. The summed E-state index contributed by atoms with van der Waals surface area (Å²) >= 11 is 3.61. The Labute approximate surface area is 115 Å². The lowest BCUT2D eigenvalue weighted by Crippen LogP contribution is -2.23. The topological polar surface area (TPSA) is 46.2 Å². The predicted molar refractivity (Wildman–Crippen MR) is 76.9 cm³/mol. The molecule has 0 aliphatic heterocycles. The number of sulfonamides is 1. The highest BCUT2D eigenvalue weighted by atomic mass is 127. The summed E-state index contributed by atoms with van der Waals surface area (Å²) in [4.78, 5) is 0. The van der Waals surface area contributed by atoms with Crippen LogP contribution in [0.4, 0.5) is 0 Å². The van der Waals surface area contributed by atoms with Crippen LogP contribution in [0.3, 0.4) is 0 Å². The first-order valence-electron chi connectivity index (χ1n) is 5.26. The predicted octanol–water partition coefficient (Wildman–Crippen LogP) is 3.02. The van der Waals surface area contributed by atoms with Crippen LogP contribution in [0.2, 0.25) is 0 Å². The van der Waals surface area contributed by atoms with Crippen LogP contribution in [0.5, 0.6) is 0 Å². The maximum absolute atomic E-state index is 11.7. The van der Waals surface area contributed by atoms with Crippen molar-refractivity contribution in [3.05, 3.63) is 17.5 Å². The van der Waals surface area contributed by atoms with Gasteiger partial charge in [0.2, 0.25) is 10.0 Å². The molecule has 0 aliphatic carbocycles. The van der Waals surface area contributed by atoms with Gasteiger partial charge in [0.15, 0.2) is 0 Å². The normalized spacial score (nSPS) is 11.8. The lowest BCUT2D eigenvalue weighted by atomic mass is 10.2. The second-order valence-corrected chi connectivity index (χ2v) is 7.45. The van der Waals surface area contributed by atoms with Crippen LogP contribution in [0.15, 0.2) is 21.7 Å². The molecule has 0 aliphatic rings. The first-order valence-corrected chi connectivity index (χ1v) is 9.15. The number of rotatable bonds is 8. The highest BCUT2D eigenvalue weighted by Crippen LogP contribution is 2.15. The van der Waals surface area contributed by atoms with Crippen molar-refractivity contribution >= 4 is 44.0 Å². The van der Waals surface area contributed by atoms with E-state index in [9.17, 15) is 8.42 Å². The van der Waals surface area contributed by atoms with Gasteiger partial charge in [-0.25, -0.2) is 13.1 Å². The SMILES string of the molecule is O=S(=O)(NCCCCCCI)c1cccs1. The quantitative estimate of drug-likeness (QED) is 0.433. The highest BCUT2D eigenvalue weighted by molar-refractivity contribution is 14.1. The molecule has 0 spiro atoms. The molecule has 1 aromatic rings. The number of halogens is 1. The zero-order chi connectivity index (χ0) is 11.9. The number of nitrogens with one attached hydrogen (secondary N) is 1. The van der Waals surface area contributed by atoms with Crippen molar-refractivity contribution in [1.82, 2.24) is 4.72 Å². The van der Waals surface area contributed by atoms with Gasteiger partial charge >= 0.3 is 0 Å². The van der Waals surface area contributed by atoms with Crippen molar-refractivity contribution in [2.24, 2.45) is 0 Å². The van der Waals surface area contributed by atoms with Gasteiger partial charge < -0.3 is 0 Å². The maximum atomic E-state index is 11.7. The van der Waals surface area contributed by atoms with Crippen molar-refractivity contribution < 1.29 is 8.42 Å². The van der Waals surface area contributed by atoms with E-state index in [1.165, 1.54) is 28.6 Å². The van der Waals surface area contributed by atoms with Gasteiger partial charge in [0.1, 0.15) is 4.21 Å². The Morgan fingerprint density at radius 2 is 2.00 bits per heavy atom. The first-order chi connectivity index (χ1) is 7.67. The third-order valence-electron chi connectivity index (χ3n) is 2.11. The molecule has 0 bridgehead atoms. The van der Waals surface area contributed by atoms with Crippen LogP contribution < -0.4 is 4.72 Å². The third kappa shape index (κ3) is 5.11. The molecule has 6 heteroatoms. The molecule has 0 aromatic carbocycles. The molecule has 0 atom stereocenters. The minimum absolute atomic E-state index is 0.403. The summed E-state index contributed by atoms with van der Waals surface area (Å²) in [6.45, 7) is 0.543. The van der Waals surface area contributed by atoms with E-state index in [2.05, 4.69) is 27.3 Å². The standard InChI is InChI=1S/C10H16INO2S2/c11-7-3-1-2-4-8-12-16(13,14)10-6-5-9-15-10/h5-6,9,12H,1-4,7-8H2. The second-order valence-electron chi connectivity index (χ2n) is 3.43. The molecule has 0 radical (unpaired) electrons. The summed E-state index contributed by atoms with van der Waals surface area (Å²) in [7, 11) is -3.24. The zero-order valence-electron chi connectivity index (χ0n) is 8.99. The van der Waals surface area contributed by atoms with Crippen molar-refractivity contribution in [3.63, 3.8) is 0 Å². The van der Waals surface area contributed by atoms with E-state index in [1.807, 2.05) is 0 Å². The smallest absolute Gasteiger partial charge is 0.210 e. The van der Waals surface area contributed by atoms with Crippen LogP contribution in [0.1, 0.15) is 25.7 Å². The van der Waals surface area contributed by atoms with Crippen LogP contribution in [0, 0.1) is 0 Å². The molecule has 0 saturated heterocycles. The number of alkyl halides is 1. The highest BCUT2D eigenvalue weighted by Gasteiger charge is 2.13. The molecule has 1 rings (SSSR count). The average Bonchev–Trinajstić information content (AvgIpc) is 2.77. The van der Waals surface area contributed by atoms with E-state index in [-0.39, 0.29) is 0 Å². The second kappa shape index (κ2) is 7.62. The van der Waals surface area contributed by atoms with Gasteiger partial charge in [-0.15, -0.1) is 11.3 Å². The first kappa shape index (κ1) is 14.4. The van der Waals surface area contributed by atoms with Gasteiger partial charge in [-0.3, -0.25) is 0 Å². The molecule has 1 aromatic heterocycles. The fourth-order valence-corrected chi connectivity index (χ4v) is 3.92. The summed E-state index contributed by atoms with van der Waals surface area (Å²) in [5, 5.41) is 1.77. The zero-order valence-corrected chi connectivity index (χ0v) is 12.8. The minimum atomic E-state index is -3.24. The third-order valence-corrected chi connectivity index (χ3v) is 5.73. The molecular formula is C10H16INO2S2. The van der Waals surface area contributed by atoms with Crippen LogP contribution in [-0.4, -0.2) is 19.4 Å². The molecule has 92 valence electrons. The Kier molecular flexibility index (Phi) is 6.86. The van der Waals surface area contributed by atoms with E-state index in [0.29, 0.717) is 10.8 Å². The van der Waals surface area contributed by atoms with Gasteiger partial charge in [0.25, 0.3) is 0 Å². The van der Waals surface area contributed by atoms with Gasteiger partial charge in [-0.05, 0) is 28.7 Å². The molecule has 3 nitrogen and oxygen atoms in total. The Morgan fingerprint density at radius 1 is 1.25 bits per heavy atom. The maximum Gasteiger partial charge on any atom is 0.250 e. The van der Waals surface area contributed by atoms with Crippen LogP contribution in [-0.2, 0) is 10.0 Å².